The van der Waals surface area contributed by atoms with Crippen LogP contribution in [0.5, 0.6) is 0 Å². The van der Waals surface area contributed by atoms with Crippen LogP contribution in [-0.2, 0) is 0 Å². The van der Waals surface area contributed by atoms with E-state index in [9.17, 15) is 4.79 Å². The Bertz CT molecular complexity index is 696. The molecular weight excluding hydrogens is 306 g/mol. The zero-order valence-corrected chi connectivity index (χ0v) is 14.6. The number of aryl methyl sites for hydroxylation is 2. The molecule has 24 heavy (non-hydrogen) atoms. The van der Waals surface area contributed by atoms with Crippen molar-refractivity contribution >= 4 is 11.7 Å². The molecule has 0 aliphatic rings. The van der Waals surface area contributed by atoms with Crippen LogP contribution in [0, 0.1) is 19.8 Å². The van der Waals surface area contributed by atoms with Crippen molar-refractivity contribution in [3.63, 3.8) is 0 Å². The molecule has 2 rings (SSSR count). The van der Waals surface area contributed by atoms with Crippen molar-refractivity contribution in [1.82, 2.24) is 20.1 Å². The Labute approximate surface area is 142 Å². The number of carbonyl (C=O) groups is 1. The number of aliphatic hydroxyl groups is 1. The highest BCUT2D eigenvalue weighted by Crippen LogP contribution is 2.20. The van der Waals surface area contributed by atoms with E-state index in [1.165, 1.54) is 0 Å². The van der Waals surface area contributed by atoms with Crippen molar-refractivity contribution in [3.8, 4) is 5.69 Å². The van der Waals surface area contributed by atoms with E-state index in [-0.39, 0.29) is 24.6 Å². The molecule has 1 atom stereocenters. The minimum absolute atomic E-state index is 0.0388. The van der Waals surface area contributed by atoms with Crippen molar-refractivity contribution in [3.05, 3.63) is 35.9 Å². The third kappa shape index (κ3) is 4.32. The van der Waals surface area contributed by atoms with E-state index in [0.29, 0.717) is 17.9 Å². The number of rotatable bonds is 6. The topological polar surface area (TPSA) is 92.1 Å². The van der Waals surface area contributed by atoms with Gasteiger partial charge in [0.25, 0.3) is 0 Å². The van der Waals surface area contributed by atoms with Crippen LogP contribution in [0.4, 0.5) is 10.5 Å². The lowest BCUT2D eigenvalue weighted by Gasteiger charge is -2.22. The van der Waals surface area contributed by atoms with Crippen LogP contribution in [-0.4, -0.2) is 38.6 Å². The highest BCUT2D eigenvalue weighted by molar-refractivity contribution is 5.91. The Morgan fingerprint density at radius 1 is 1.29 bits per heavy atom. The number of aliphatic hydroxyl groups excluding tert-OH is 1. The predicted octanol–water partition coefficient (Wildman–Crippen LogP) is 2.41. The van der Waals surface area contributed by atoms with Gasteiger partial charge < -0.3 is 15.7 Å². The summed E-state index contributed by atoms with van der Waals surface area (Å²) in [6.07, 6.45) is 0.522. The summed E-state index contributed by atoms with van der Waals surface area (Å²) < 4.78 is 1.71. The van der Waals surface area contributed by atoms with Gasteiger partial charge in [-0.3, -0.25) is 0 Å². The fraction of sp³-hybridized carbons (Fsp3) is 0.471. The van der Waals surface area contributed by atoms with Crippen molar-refractivity contribution < 1.29 is 9.90 Å². The molecule has 0 spiro atoms. The van der Waals surface area contributed by atoms with E-state index in [1.54, 1.807) is 4.68 Å². The van der Waals surface area contributed by atoms with Gasteiger partial charge in [-0.2, -0.15) is 5.10 Å². The van der Waals surface area contributed by atoms with Gasteiger partial charge in [-0.15, -0.1) is 0 Å². The highest BCUT2D eigenvalue weighted by atomic mass is 16.3. The number of nitrogens with one attached hydrogen (secondary N) is 2. The summed E-state index contributed by atoms with van der Waals surface area (Å²) in [7, 11) is 0. The van der Waals surface area contributed by atoms with Crippen molar-refractivity contribution in [2.45, 2.75) is 40.2 Å². The lowest BCUT2D eigenvalue weighted by molar-refractivity contribution is 0.227. The Kier molecular flexibility index (Phi) is 5.92. The fourth-order valence-corrected chi connectivity index (χ4v) is 2.55. The Hall–Kier alpha value is -2.41. The third-order valence-electron chi connectivity index (χ3n) is 3.82. The maximum absolute atomic E-state index is 12.3. The molecule has 0 aliphatic carbocycles. The molecule has 0 aliphatic heterocycles. The first-order valence-corrected chi connectivity index (χ1v) is 8.10. The molecule has 2 amide bonds. The molecule has 0 radical (unpaired) electrons. The molecule has 7 heteroatoms. The first-order chi connectivity index (χ1) is 11.4. The van der Waals surface area contributed by atoms with E-state index < -0.39 is 0 Å². The average molecular weight is 331 g/mol. The van der Waals surface area contributed by atoms with Crippen LogP contribution >= 0.6 is 0 Å². The minimum Gasteiger partial charge on any atom is -0.396 e. The highest BCUT2D eigenvalue weighted by Gasteiger charge is 2.17. The fourth-order valence-electron chi connectivity index (χ4n) is 2.55. The van der Waals surface area contributed by atoms with Crippen LogP contribution in [0.25, 0.3) is 5.69 Å². The summed E-state index contributed by atoms with van der Waals surface area (Å²) in [5.41, 5.74) is 1.41. The SMILES string of the molecule is Cc1nc(C)n(-c2ccccc2NC(=O)NC(CCO)C(C)C)n1. The second kappa shape index (κ2) is 7.92. The van der Waals surface area contributed by atoms with Crippen molar-refractivity contribution in [2.75, 3.05) is 11.9 Å². The van der Waals surface area contributed by atoms with Gasteiger partial charge in [0, 0.05) is 12.6 Å². The molecule has 3 N–H and O–H groups in total. The maximum atomic E-state index is 12.3. The first kappa shape index (κ1) is 17.9. The molecule has 0 saturated heterocycles. The smallest absolute Gasteiger partial charge is 0.319 e. The lowest BCUT2D eigenvalue weighted by atomic mass is 10.0. The molecule has 2 aromatic rings. The molecular formula is C17H25N5O2. The molecule has 1 aromatic carbocycles. The average Bonchev–Trinajstić information content (AvgIpc) is 2.85. The number of benzene rings is 1. The van der Waals surface area contributed by atoms with Gasteiger partial charge in [0.1, 0.15) is 11.6 Å². The number of hydrogen-bond donors (Lipinski definition) is 3. The number of urea groups is 1. The Morgan fingerprint density at radius 2 is 2.00 bits per heavy atom. The normalized spacial score (nSPS) is 12.2. The molecule has 1 unspecified atom stereocenters. The van der Waals surface area contributed by atoms with E-state index in [1.807, 2.05) is 52.0 Å². The number of carbonyl (C=O) groups excluding carboxylic acids is 1. The molecule has 0 fully saturated rings. The van der Waals surface area contributed by atoms with Gasteiger partial charge in [0.05, 0.1) is 11.4 Å². The molecule has 0 saturated carbocycles. The maximum Gasteiger partial charge on any atom is 0.319 e. The zero-order valence-electron chi connectivity index (χ0n) is 14.6. The van der Waals surface area contributed by atoms with E-state index in [0.717, 1.165) is 11.5 Å². The van der Waals surface area contributed by atoms with Crippen LogP contribution in [0.2, 0.25) is 0 Å². The molecule has 1 heterocycles. The number of anilines is 1. The van der Waals surface area contributed by atoms with Gasteiger partial charge in [0.15, 0.2) is 0 Å². The van der Waals surface area contributed by atoms with Crippen LogP contribution in [0.15, 0.2) is 24.3 Å². The lowest BCUT2D eigenvalue weighted by Crippen LogP contribution is -2.41. The van der Waals surface area contributed by atoms with E-state index in [2.05, 4.69) is 20.7 Å². The molecule has 7 nitrogen and oxygen atoms in total. The third-order valence-corrected chi connectivity index (χ3v) is 3.82. The minimum atomic E-state index is -0.302. The quantitative estimate of drug-likeness (QED) is 0.758. The van der Waals surface area contributed by atoms with Gasteiger partial charge >= 0.3 is 6.03 Å². The number of hydrogen-bond acceptors (Lipinski definition) is 4. The second-order valence-electron chi connectivity index (χ2n) is 6.10. The standard InChI is InChI=1S/C17H25N5O2/c1-11(2)14(9-10-23)19-17(24)20-15-7-5-6-8-16(15)22-13(4)18-12(3)21-22/h5-8,11,14,23H,9-10H2,1-4H3,(H2,19,20,24). The summed E-state index contributed by atoms with van der Waals surface area (Å²) in [5.74, 6) is 1.66. The summed E-state index contributed by atoms with van der Waals surface area (Å²) in [6.45, 7) is 7.75. The summed E-state index contributed by atoms with van der Waals surface area (Å²) in [6, 6.07) is 7.05. The summed E-state index contributed by atoms with van der Waals surface area (Å²) in [5, 5.41) is 19.3. The Balaban J connectivity index is 2.18. The molecule has 130 valence electrons. The van der Waals surface area contributed by atoms with Gasteiger partial charge in [0.2, 0.25) is 0 Å². The number of nitrogens with zero attached hydrogens (tertiary/aromatic N) is 3. The number of amides is 2. The first-order valence-electron chi connectivity index (χ1n) is 8.10. The van der Waals surface area contributed by atoms with Gasteiger partial charge in [-0.1, -0.05) is 26.0 Å². The molecule has 0 bridgehead atoms. The number of para-hydroxylation sites is 2. The van der Waals surface area contributed by atoms with Gasteiger partial charge in [-0.05, 0) is 38.3 Å². The predicted molar refractivity (Wildman–Crippen MR) is 93.3 cm³/mol. The zero-order chi connectivity index (χ0) is 17.7. The van der Waals surface area contributed by atoms with Crippen LogP contribution in [0.3, 0.4) is 0 Å². The largest absolute Gasteiger partial charge is 0.396 e. The summed E-state index contributed by atoms with van der Waals surface area (Å²) >= 11 is 0. The summed E-state index contributed by atoms with van der Waals surface area (Å²) in [4.78, 5) is 16.6. The van der Waals surface area contributed by atoms with Crippen LogP contribution < -0.4 is 10.6 Å². The number of aromatic nitrogens is 3. The van der Waals surface area contributed by atoms with Crippen molar-refractivity contribution in [2.24, 2.45) is 5.92 Å². The van der Waals surface area contributed by atoms with Crippen LogP contribution in [0.1, 0.15) is 31.9 Å². The van der Waals surface area contributed by atoms with Gasteiger partial charge in [-0.25, -0.2) is 14.5 Å². The van der Waals surface area contributed by atoms with E-state index in [4.69, 9.17) is 5.11 Å². The monoisotopic (exact) mass is 331 g/mol. The Morgan fingerprint density at radius 3 is 2.58 bits per heavy atom. The molecule has 1 aromatic heterocycles. The van der Waals surface area contributed by atoms with E-state index >= 15 is 0 Å². The second-order valence-corrected chi connectivity index (χ2v) is 6.10. The van der Waals surface area contributed by atoms with Crippen molar-refractivity contribution in [1.29, 1.82) is 0 Å².